The fraction of sp³-hybridized carbons (Fsp3) is 0.381. The van der Waals surface area contributed by atoms with Crippen LogP contribution < -0.4 is 21.1 Å². The van der Waals surface area contributed by atoms with Crippen molar-refractivity contribution in [1.82, 2.24) is 9.97 Å². The summed E-state index contributed by atoms with van der Waals surface area (Å²) in [5.41, 5.74) is 0.407. The highest BCUT2D eigenvalue weighted by Crippen LogP contribution is 2.30. The monoisotopic (exact) mass is 441 g/mol. The molecule has 0 aliphatic carbocycles. The van der Waals surface area contributed by atoms with Crippen molar-refractivity contribution >= 4 is 35.2 Å². The second kappa shape index (κ2) is 9.18. The molecule has 0 radical (unpaired) electrons. The number of carbonyl (C=O) groups excluding carboxylic acids is 3. The van der Waals surface area contributed by atoms with E-state index in [9.17, 15) is 19.2 Å². The van der Waals surface area contributed by atoms with Crippen molar-refractivity contribution in [2.45, 2.75) is 19.3 Å². The molecule has 3 heterocycles. The van der Waals surface area contributed by atoms with Crippen LogP contribution in [0.15, 0.2) is 29.1 Å². The Morgan fingerprint density at radius 1 is 1.22 bits per heavy atom. The van der Waals surface area contributed by atoms with E-state index in [4.69, 9.17) is 9.47 Å². The maximum absolute atomic E-state index is 12.9. The average Bonchev–Trinajstić information content (AvgIpc) is 2.79. The van der Waals surface area contributed by atoms with E-state index in [-0.39, 0.29) is 24.4 Å². The van der Waals surface area contributed by atoms with Crippen LogP contribution in [0.4, 0.5) is 17.5 Å². The summed E-state index contributed by atoms with van der Waals surface area (Å²) >= 11 is 0. The number of nitrogens with one attached hydrogen (secondary N) is 3. The summed E-state index contributed by atoms with van der Waals surface area (Å²) in [6, 6.07) is 6.16. The van der Waals surface area contributed by atoms with Crippen molar-refractivity contribution in [2.24, 2.45) is 0 Å². The van der Waals surface area contributed by atoms with Gasteiger partial charge < -0.3 is 25.0 Å². The summed E-state index contributed by atoms with van der Waals surface area (Å²) in [5.74, 6) is -1.97. The number of anilines is 3. The Labute approximate surface area is 183 Å². The Kier molecular flexibility index (Phi) is 6.17. The van der Waals surface area contributed by atoms with Crippen LogP contribution in [-0.4, -0.2) is 60.7 Å². The molecule has 2 aliphatic rings. The van der Waals surface area contributed by atoms with Crippen molar-refractivity contribution in [1.29, 1.82) is 0 Å². The number of rotatable bonds is 5. The zero-order chi connectivity index (χ0) is 22.7. The topological polar surface area (TPSA) is 143 Å². The first-order valence-corrected chi connectivity index (χ1v) is 10.3. The maximum atomic E-state index is 12.9. The van der Waals surface area contributed by atoms with Gasteiger partial charge >= 0.3 is 5.97 Å². The predicted molar refractivity (Wildman–Crippen MR) is 115 cm³/mol. The number of ether oxygens (including phenoxy) is 2. The molecular weight excluding hydrogens is 418 g/mol. The van der Waals surface area contributed by atoms with Gasteiger partial charge in [-0.15, -0.1) is 0 Å². The van der Waals surface area contributed by atoms with Crippen LogP contribution in [0.5, 0.6) is 0 Å². The molecule has 11 heteroatoms. The predicted octanol–water partition coefficient (Wildman–Crippen LogP) is 0.848. The number of H-pyrrole nitrogens is 1. The number of hydrogen-bond acceptors (Lipinski definition) is 8. The standard InChI is InChI=1S/C21H23N5O6/c1-2-32-20(30)12-3-5-13(6-4-12)22-18(28)14-11-15(27)23-17-16(14)19(29)25-21(24-17)26-7-9-31-10-8-26/h3-6,14H,2,7-11H2,1H3,(H,22,28)(H2,23,24,25,27,29). The quantitative estimate of drug-likeness (QED) is 0.580. The third-order valence-corrected chi connectivity index (χ3v) is 5.23. The van der Waals surface area contributed by atoms with Gasteiger partial charge in [-0.2, -0.15) is 4.98 Å². The van der Waals surface area contributed by atoms with E-state index < -0.39 is 29.3 Å². The van der Waals surface area contributed by atoms with Gasteiger partial charge in [-0.1, -0.05) is 0 Å². The average molecular weight is 441 g/mol. The lowest BCUT2D eigenvalue weighted by atomic mass is 9.92. The molecule has 1 aromatic heterocycles. The molecule has 1 aromatic carbocycles. The Bertz CT molecular complexity index is 1090. The molecule has 1 saturated heterocycles. The summed E-state index contributed by atoms with van der Waals surface area (Å²) in [4.78, 5) is 58.8. The van der Waals surface area contributed by atoms with Gasteiger partial charge in [-0.3, -0.25) is 19.4 Å². The van der Waals surface area contributed by atoms with Crippen LogP contribution in [0, 0.1) is 0 Å². The van der Waals surface area contributed by atoms with Gasteiger partial charge in [0, 0.05) is 25.2 Å². The number of morpholine rings is 1. The Hall–Kier alpha value is -3.73. The summed E-state index contributed by atoms with van der Waals surface area (Å²) in [6.07, 6.45) is -0.179. The van der Waals surface area contributed by atoms with Crippen LogP contribution in [0.25, 0.3) is 0 Å². The van der Waals surface area contributed by atoms with Crippen molar-refractivity contribution in [3.05, 3.63) is 45.7 Å². The number of benzene rings is 1. The molecule has 168 valence electrons. The lowest BCUT2D eigenvalue weighted by Crippen LogP contribution is -2.41. The Morgan fingerprint density at radius 2 is 1.94 bits per heavy atom. The number of hydrogen-bond donors (Lipinski definition) is 3. The summed E-state index contributed by atoms with van der Waals surface area (Å²) < 4.78 is 10.2. The van der Waals surface area contributed by atoms with Crippen molar-refractivity contribution < 1.29 is 23.9 Å². The van der Waals surface area contributed by atoms with E-state index in [1.165, 1.54) is 12.1 Å². The van der Waals surface area contributed by atoms with Crippen LogP contribution >= 0.6 is 0 Å². The van der Waals surface area contributed by atoms with Gasteiger partial charge in [-0.25, -0.2) is 4.79 Å². The van der Waals surface area contributed by atoms with Gasteiger partial charge in [0.2, 0.25) is 17.8 Å². The smallest absolute Gasteiger partial charge is 0.338 e. The zero-order valence-electron chi connectivity index (χ0n) is 17.5. The molecule has 2 amide bonds. The molecule has 4 rings (SSSR count). The highest BCUT2D eigenvalue weighted by atomic mass is 16.5. The molecule has 1 unspecified atom stereocenters. The second-order valence-corrected chi connectivity index (χ2v) is 7.34. The second-order valence-electron chi connectivity index (χ2n) is 7.34. The number of aromatic nitrogens is 2. The number of fused-ring (bicyclic) bond motifs is 1. The largest absolute Gasteiger partial charge is 0.462 e. The van der Waals surface area contributed by atoms with E-state index in [2.05, 4.69) is 20.6 Å². The fourth-order valence-corrected chi connectivity index (χ4v) is 3.64. The van der Waals surface area contributed by atoms with Gasteiger partial charge in [0.15, 0.2) is 0 Å². The number of amides is 2. The van der Waals surface area contributed by atoms with Gasteiger partial charge in [0.05, 0.1) is 36.9 Å². The third-order valence-electron chi connectivity index (χ3n) is 5.23. The van der Waals surface area contributed by atoms with Crippen LogP contribution in [0.3, 0.4) is 0 Å². The molecule has 2 aromatic rings. The van der Waals surface area contributed by atoms with E-state index in [1.54, 1.807) is 19.1 Å². The van der Waals surface area contributed by atoms with E-state index in [1.807, 2.05) is 4.90 Å². The summed E-state index contributed by atoms with van der Waals surface area (Å²) in [7, 11) is 0. The van der Waals surface area contributed by atoms with E-state index in [0.717, 1.165) is 0 Å². The van der Waals surface area contributed by atoms with Gasteiger partial charge in [-0.05, 0) is 31.2 Å². The number of aromatic amines is 1. The minimum absolute atomic E-state index is 0.0873. The minimum atomic E-state index is -1.00. The molecule has 3 N–H and O–H groups in total. The van der Waals surface area contributed by atoms with Crippen molar-refractivity contribution in [3.8, 4) is 0 Å². The molecular formula is C21H23N5O6. The molecule has 11 nitrogen and oxygen atoms in total. The highest BCUT2D eigenvalue weighted by molar-refractivity contribution is 6.04. The van der Waals surface area contributed by atoms with Gasteiger partial charge in [0.25, 0.3) is 5.56 Å². The first-order chi connectivity index (χ1) is 15.5. The number of esters is 1. The molecule has 1 atom stereocenters. The van der Waals surface area contributed by atoms with E-state index >= 15 is 0 Å². The normalized spacial score (nSPS) is 17.8. The summed E-state index contributed by atoms with van der Waals surface area (Å²) in [6.45, 7) is 4.10. The summed E-state index contributed by atoms with van der Waals surface area (Å²) in [5, 5.41) is 5.30. The van der Waals surface area contributed by atoms with Crippen molar-refractivity contribution in [2.75, 3.05) is 48.4 Å². The first-order valence-electron chi connectivity index (χ1n) is 10.3. The first kappa shape index (κ1) is 21.5. The highest BCUT2D eigenvalue weighted by Gasteiger charge is 2.35. The van der Waals surface area contributed by atoms with Crippen LogP contribution in [0.2, 0.25) is 0 Å². The van der Waals surface area contributed by atoms with E-state index in [0.29, 0.717) is 43.5 Å². The molecule has 32 heavy (non-hydrogen) atoms. The third kappa shape index (κ3) is 4.47. The molecule has 2 aliphatic heterocycles. The number of carbonyl (C=O) groups is 3. The Balaban J connectivity index is 1.55. The van der Waals surface area contributed by atoms with Crippen LogP contribution in [0.1, 0.15) is 35.2 Å². The SMILES string of the molecule is CCOC(=O)c1ccc(NC(=O)C2CC(=O)Nc3nc(N4CCOCC4)[nH]c(=O)c32)cc1. The van der Waals surface area contributed by atoms with Crippen LogP contribution in [-0.2, 0) is 19.1 Å². The zero-order valence-corrected chi connectivity index (χ0v) is 17.5. The van der Waals surface area contributed by atoms with Gasteiger partial charge in [0.1, 0.15) is 5.82 Å². The molecule has 0 saturated carbocycles. The molecule has 0 spiro atoms. The fourth-order valence-electron chi connectivity index (χ4n) is 3.64. The number of nitrogens with zero attached hydrogens (tertiary/aromatic N) is 2. The lowest BCUT2D eigenvalue weighted by Gasteiger charge is -2.29. The maximum Gasteiger partial charge on any atom is 0.338 e. The Morgan fingerprint density at radius 3 is 2.62 bits per heavy atom. The lowest BCUT2D eigenvalue weighted by molar-refractivity contribution is -0.123. The molecule has 1 fully saturated rings. The van der Waals surface area contributed by atoms with Crippen molar-refractivity contribution in [3.63, 3.8) is 0 Å². The molecule has 0 bridgehead atoms. The minimum Gasteiger partial charge on any atom is -0.462 e.